The van der Waals surface area contributed by atoms with E-state index in [4.69, 9.17) is 14.2 Å². The van der Waals surface area contributed by atoms with Crippen LogP contribution in [0, 0.1) is 17.8 Å². The predicted octanol–water partition coefficient (Wildman–Crippen LogP) is 5.40. The van der Waals surface area contributed by atoms with Gasteiger partial charge in [-0.2, -0.15) is 0 Å². The summed E-state index contributed by atoms with van der Waals surface area (Å²) >= 11 is 0. The van der Waals surface area contributed by atoms with Crippen LogP contribution in [-0.2, 0) is 9.59 Å². The molecule has 5 heteroatoms. The number of carbonyl (C=O) groups is 2. The Kier molecular flexibility index (Phi) is 9.90. The minimum Gasteiger partial charge on any atom is -0.493 e. The molecule has 0 aromatic heterocycles. The summed E-state index contributed by atoms with van der Waals surface area (Å²) in [5.74, 6) is 1.57. The van der Waals surface area contributed by atoms with E-state index in [-0.39, 0.29) is 23.4 Å². The SMILES string of the molecule is CC(C)CCC(=O)Oc1ccc(OCC(C)C)cc1OC(=O)CCC(C)C. The summed E-state index contributed by atoms with van der Waals surface area (Å²) < 4.78 is 16.6. The second-order valence-corrected chi connectivity index (χ2v) is 8.13. The first-order chi connectivity index (χ1) is 12.7. The lowest BCUT2D eigenvalue weighted by Crippen LogP contribution is -2.13. The molecule has 1 aromatic carbocycles. The van der Waals surface area contributed by atoms with Gasteiger partial charge in [0.05, 0.1) is 6.61 Å². The van der Waals surface area contributed by atoms with Crippen molar-refractivity contribution in [1.29, 1.82) is 0 Å². The third-order valence-corrected chi connectivity index (χ3v) is 3.80. The molecule has 0 unspecified atom stereocenters. The monoisotopic (exact) mass is 378 g/mol. The highest BCUT2D eigenvalue weighted by atomic mass is 16.6. The maximum absolute atomic E-state index is 12.1. The molecule has 0 spiro atoms. The van der Waals surface area contributed by atoms with E-state index in [1.54, 1.807) is 18.2 Å². The second kappa shape index (κ2) is 11.6. The van der Waals surface area contributed by atoms with Crippen molar-refractivity contribution in [2.24, 2.45) is 17.8 Å². The molecule has 0 N–H and O–H groups in total. The molecule has 0 heterocycles. The van der Waals surface area contributed by atoms with E-state index in [2.05, 4.69) is 41.5 Å². The van der Waals surface area contributed by atoms with E-state index >= 15 is 0 Å². The summed E-state index contributed by atoms with van der Waals surface area (Å²) in [6, 6.07) is 4.95. The molecule has 1 rings (SSSR count). The van der Waals surface area contributed by atoms with Gasteiger partial charge < -0.3 is 14.2 Å². The fourth-order valence-electron chi connectivity index (χ4n) is 2.17. The zero-order valence-corrected chi connectivity index (χ0v) is 17.5. The van der Waals surface area contributed by atoms with Crippen molar-refractivity contribution in [3.63, 3.8) is 0 Å². The normalized spacial score (nSPS) is 11.1. The summed E-state index contributed by atoms with van der Waals surface area (Å²) in [5.41, 5.74) is 0. The number of carbonyl (C=O) groups excluding carboxylic acids is 2. The van der Waals surface area contributed by atoms with Gasteiger partial charge in [-0.1, -0.05) is 41.5 Å². The molecule has 1 aromatic rings. The van der Waals surface area contributed by atoms with E-state index in [9.17, 15) is 9.59 Å². The Labute approximate surface area is 163 Å². The Balaban J connectivity index is 2.88. The molecular formula is C22H34O5. The lowest BCUT2D eigenvalue weighted by molar-refractivity contribution is -0.137. The van der Waals surface area contributed by atoms with Crippen LogP contribution in [0.15, 0.2) is 18.2 Å². The van der Waals surface area contributed by atoms with Gasteiger partial charge in [0.1, 0.15) is 5.75 Å². The quantitative estimate of drug-likeness (QED) is 0.381. The van der Waals surface area contributed by atoms with E-state index in [0.29, 0.717) is 43.0 Å². The van der Waals surface area contributed by atoms with Gasteiger partial charge in [-0.25, -0.2) is 0 Å². The average molecular weight is 379 g/mol. The number of hydrogen-bond donors (Lipinski definition) is 0. The second-order valence-electron chi connectivity index (χ2n) is 8.13. The molecule has 0 atom stereocenters. The highest BCUT2D eigenvalue weighted by Crippen LogP contribution is 2.33. The first-order valence-corrected chi connectivity index (χ1v) is 9.85. The molecule has 0 aliphatic heterocycles. The summed E-state index contributed by atoms with van der Waals surface area (Å²) in [6.45, 7) is 12.9. The zero-order valence-electron chi connectivity index (χ0n) is 17.5. The van der Waals surface area contributed by atoms with Gasteiger partial charge in [0.15, 0.2) is 11.5 Å². The fraction of sp³-hybridized carbons (Fsp3) is 0.636. The van der Waals surface area contributed by atoms with Crippen LogP contribution in [0.3, 0.4) is 0 Å². The lowest BCUT2D eigenvalue weighted by Gasteiger charge is -2.14. The molecule has 0 radical (unpaired) electrons. The van der Waals surface area contributed by atoms with Crippen molar-refractivity contribution in [1.82, 2.24) is 0 Å². The Morgan fingerprint density at radius 3 is 1.78 bits per heavy atom. The molecule has 27 heavy (non-hydrogen) atoms. The third kappa shape index (κ3) is 10.0. The fourth-order valence-corrected chi connectivity index (χ4v) is 2.17. The van der Waals surface area contributed by atoms with E-state index < -0.39 is 0 Å². The summed E-state index contributed by atoms with van der Waals surface area (Å²) in [5, 5.41) is 0. The number of esters is 2. The molecule has 0 saturated heterocycles. The van der Waals surface area contributed by atoms with Crippen LogP contribution >= 0.6 is 0 Å². The van der Waals surface area contributed by atoms with Crippen molar-refractivity contribution >= 4 is 11.9 Å². The topological polar surface area (TPSA) is 61.8 Å². The molecule has 0 bridgehead atoms. The van der Waals surface area contributed by atoms with Crippen molar-refractivity contribution in [3.8, 4) is 17.2 Å². The highest BCUT2D eigenvalue weighted by Gasteiger charge is 2.16. The molecule has 0 saturated carbocycles. The van der Waals surface area contributed by atoms with Crippen LogP contribution in [0.2, 0.25) is 0 Å². The number of ether oxygens (including phenoxy) is 3. The van der Waals surface area contributed by atoms with Crippen LogP contribution in [0.25, 0.3) is 0 Å². The summed E-state index contributed by atoms with van der Waals surface area (Å²) in [6.07, 6.45) is 2.13. The Hall–Kier alpha value is -2.04. The largest absolute Gasteiger partial charge is 0.493 e. The van der Waals surface area contributed by atoms with Gasteiger partial charge in [0.25, 0.3) is 0 Å². The number of benzene rings is 1. The smallest absolute Gasteiger partial charge is 0.311 e. The minimum absolute atomic E-state index is 0.225. The molecule has 5 nitrogen and oxygen atoms in total. The molecule has 0 aliphatic carbocycles. The Morgan fingerprint density at radius 1 is 0.778 bits per heavy atom. The van der Waals surface area contributed by atoms with Crippen LogP contribution in [0.1, 0.15) is 67.2 Å². The minimum atomic E-state index is -0.343. The van der Waals surface area contributed by atoms with Gasteiger partial charge in [0, 0.05) is 18.9 Å². The van der Waals surface area contributed by atoms with Crippen LogP contribution < -0.4 is 14.2 Å². The van der Waals surface area contributed by atoms with Crippen molar-refractivity contribution < 1.29 is 23.8 Å². The average Bonchev–Trinajstić information content (AvgIpc) is 2.58. The molecule has 0 fully saturated rings. The zero-order chi connectivity index (χ0) is 20.4. The molecular weight excluding hydrogens is 344 g/mol. The third-order valence-electron chi connectivity index (χ3n) is 3.80. The van der Waals surface area contributed by atoms with E-state index in [0.717, 1.165) is 12.8 Å². The summed E-state index contributed by atoms with van der Waals surface area (Å²) in [7, 11) is 0. The van der Waals surface area contributed by atoms with Gasteiger partial charge in [-0.05, 0) is 42.7 Å². The Bertz CT molecular complexity index is 605. The molecule has 0 aliphatic rings. The van der Waals surface area contributed by atoms with Crippen LogP contribution in [0.5, 0.6) is 17.2 Å². The van der Waals surface area contributed by atoms with E-state index in [1.807, 2.05) is 0 Å². The van der Waals surface area contributed by atoms with Gasteiger partial charge in [-0.3, -0.25) is 9.59 Å². The van der Waals surface area contributed by atoms with Crippen molar-refractivity contribution in [2.75, 3.05) is 6.61 Å². The van der Waals surface area contributed by atoms with E-state index in [1.165, 1.54) is 0 Å². The van der Waals surface area contributed by atoms with Gasteiger partial charge in [0.2, 0.25) is 0 Å². The van der Waals surface area contributed by atoms with Crippen molar-refractivity contribution in [3.05, 3.63) is 18.2 Å². The van der Waals surface area contributed by atoms with Crippen LogP contribution in [-0.4, -0.2) is 18.5 Å². The molecule has 152 valence electrons. The standard InChI is InChI=1S/C22H34O5/c1-15(2)7-11-21(23)26-19-10-9-18(25-14-17(5)6)13-20(19)27-22(24)12-8-16(3)4/h9-10,13,15-17H,7-8,11-12,14H2,1-6H3. The first-order valence-electron chi connectivity index (χ1n) is 9.85. The van der Waals surface area contributed by atoms with Crippen LogP contribution in [0.4, 0.5) is 0 Å². The number of hydrogen-bond acceptors (Lipinski definition) is 5. The predicted molar refractivity (Wildman–Crippen MR) is 106 cm³/mol. The maximum atomic E-state index is 12.1. The van der Waals surface area contributed by atoms with Crippen molar-refractivity contribution in [2.45, 2.75) is 67.2 Å². The Morgan fingerprint density at radius 2 is 1.30 bits per heavy atom. The van der Waals surface area contributed by atoms with Gasteiger partial charge >= 0.3 is 11.9 Å². The maximum Gasteiger partial charge on any atom is 0.311 e. The molecule has 0 amide bonds. The number of rotatable bonds is 11. The first kappa shape index (κ1) is 23.0. The lowest BCUT2D eigenvalue weighted by atomic mass is 10.1. The summed E-state index contributed by atoms with van der Waals surface area (Å²) in [4.78, 5) is 24.2. The highest BCUT2D eigenvalue weighted by molar-refractivity contribution is 5.76. The van der Waals surface area contributed by atoms with Gasteiger partial charge in [-0.15, -0.1) is 0 Å².